The number of anilines is 1. The number of nitrogens with one attached hydrogen (secondary N) is 2. The third-order valence-electron chi connectivity index (χ3n) is 5.18. The van der Waals surface area contributed by atoms with Gasteiger partial charge in [-0.2, -0.15) is 0 Å². The van der Waals surface area contributed by atoms with Gasteiger partial charge in [-0.1, -0.05) is 0 Å². The number of hydrogen-bond acceptors (Lipinski definition) is 9. The first-order valence-electron chi connectivity index (χ1n) is 9.91. The molecule has 31 heavy (non-hydrogen) atoms. The summed E-state index contributed by atoms with van der Waals surface area (Å²) in [6.45, 7) is 4.01. The van der Waals surface area contributed by atoms with Crippen LogP contribution in [-0.4, -0.2) is 83.2 Å². The van der Waals surface area contributed by atoms with Gasteiger partial charge in [-0.15, -0.1) is 0 Å². The molecule has 1 saturated carbocycles. The molecule has 0 aliphatic heterocycles. The van der Waals surface area contributed by atoms with Crippen LogP contribution in [-0.2, 0) is 14.1 Å². The molecule has 1 aliphatic rings. The fourth-order valence-corrected chi connectivity index (χ4v) is 4.41. The van der Waals surface area contributed by atoms with Crippen molar-refractivity contribution >= 4 is 30.5 Å². The molecule has 1 fully saturated rings. The van der Waals surface area contributed by atoms with Gasteiger partial charge in [0.15, 0.2) is 11.5 Å². The highest BCUT2D eigenvalue weighted by Gasteiger charge is 2.45. The van der Waals surface area contributed by atoms with E-state index in [1.165, 1.54) is 12.7 Å². The third-order valence-corrected chi connectivity index (χ3v) is 6.18. The molecule has 2 heterocycles. The summed E-state index contributed by atoms with van der Waals surface area (Å²) in [6, 6.07) is -0.601. The Kier molecular flexibility index (Phi) is 7.24. The highest BCUT2D eigenvalue weighted by molar-refractivity contribution is 7.53. The molecule has 5 unspecified atom stereocenters. The number of carbonyl (C=O) groups excluding carboxylic acids is 1. The van der Waals surface area contributed by atoms with E-state index in [2.05, 4.69) is 25.6 Å². The summed E-state index contributed by atoms with van der Waals surface area (Å²) in [5, 5.41) is 26.5. The second-order valence-electron chi connectivity index (χ2n) is 7.29. The smallest absolute Gasteiger partial charge is 0.363 e. The van der Waals surface area contributed by atoms with Crippen molar-refractivity contribution in [3.05, 3.63) is 12.7 Å². The predicted molar refractivity (Wildman–Crippen MR) is 109 cm³/mol. The van der Waals surface area contributed by atoms with E-state index in [-0.39, 0.29) is 19.6 Å². The number of carbonyl (C=O) groups is 1. The number of amides is 1. The van der Waals surface area contributed by atoms with Crippen molar-refractivity contribution in [1.82, 2.24) is 24.8 Å². The van der Waals surface area contributed by atoms with Gasteiger partial charge in [-0.25, -0.2) is 15.0 Å². The van der Waals surface area contributed by atoms with Crippen molar-refractivity contribution in [1.29, 1.82) is 0 Å². The van der Waals surface area contributed by atoms with Gasteiger partial charge < -0.3 is 39.9 Å². The summed E-state index contributed by atoms with van der Waals surface area (Å²) in [5.41, 5.74) is 0.989. The molecule has 0 aromatic carbocycles. The van der Waals surface area contributed by atoms with E-state index >= 15 is 0 Å². The topological polar surface area (TPSA) is 192 Å². The summed E-state index contributed by atoms with van der Waals surface area (Å²) < 4.78 is 18.5. The molecular formula is C17H27N6O7P. The Hall–Kier alpha value is -2.15. The van der Waals surface area contributed by atoms with Crippen LogP contribution in [0.15, 0.2) is 12.7 Å². The molecule has 5 atom stereocenters. The molecule has 6 N–H and O–H groups in total. The molecule has 2 aromatic rings. The Morgan fingerprint density at radius 3 is 2.65 bits per heavy atom. The number of aliphatic hydroxyl groups is 2. The maximum Gasteiger partial charge on any atom is 0.363 e. The van der Waals surface area contributed by atoms with Crippen LogP contribution in [0.5, 0.6) is 0 Å². The van der Waals surface area contributed by atoms with Crippen LogP contribution in [0.25, 0.3) is 11.2 Å². The van der Waals surface area contributed by atoms with Gasteiger partial charge in [0.2, 0.25) is 5.85 Å². The van der Waals surface area contributed by atoms with Crippen LogP contribution in [0.2, 0.25) is 0 Å². The molecule has 1 amide bonds. The number of ether oxygens (including phenoxy) is 1. The maximum atomic E-state index is 12.0. The largest absolute Gasteiger partial charge is 0.390 e. The standard InChI is InChI=1S/C17H27N6O7P/c1-3-18-14-11-15(21-7-20-14)23(8-22-11)10-5-9(12(24)13(10)25)6-30-17(31(27,28)29)16(26)19-4-2/h7-10,12-13,17,24-25H,3-6H2,1-2H3,(H,19,26)(H,18,20,21)(H2,27,28,29). The normalized spacial score (nSPS) is 25.0. The van der Waals surface area contributed by atoms with Crippen LogP contribution in [0.4, 0.5) is 5.82 Å². The maximum absolute atomic E-state index is 12.0. The Labute approximate surface area is 178 Å². The summed E-state index contributed by atoms with van der Waals surface area (Å²) in [6.07, 6.45) is 0.661. The molecule has 0 radical (unpaired) electrons. The fraction of sp³-hybridized carbons (Fsp3) is 0.647. The second-order valence-corrected chi connectivity index (χ2v) is 8.94. The zero-order valence-electron chi connectivity index (χ0n) is 17.1. The van der Waals surface area contributed by atoms with Crippen LogP contribution in [0, 0.1) is 5.92 Å². The van der Waals surface area contributed by atoms with Crippen molar-refractivity contribution in [3.63, 3.8) is 0 Å². The van der Waals surface area contributed by atoms with Crippen molar-refractivity contribution in [2.75, 3.05) is 25.0 Å². The predicted octanol–water partition coefficient (Wildman–Crippen LogP) is -0.803. The Balaban J connectivity index is 1.77. The van der Waals surface area contributed by atoms with E-state index in [1.54, 1.807) is 11.5 Å². The van der Waals surface area contributed by atoms with E-state index < -0.39 is 43.5 Å². The van der Waals surface area contributed by atoms with E-state index in [0.717, 1.165) is 0 Å². The molecule has 2 aromatic heterocycles. The summed E-state index contributed by atoms with van der Waals surface area (Å²) in [7, 11) is -4.88. The minimum atomic E-state index is -4.88. The average molecular weight is 458 g/mol. The van der Waals surface area contributed by atoms with Crippen molar-refractivity contribution in [2.45, 2.75) is 44.4 Å². The van der Waals surface area contributed by atoms with Crippen molar-refractivity contribution in [3.8, 4) is 0 Å². The molecule has 13 nitrogen and oxygen atoms in total. The lowest BCUT2D eigenvalue weighted by Crippen LogP contribution is -2.38. The van der Waals surface area contributed by atoms with Gasteiger partial charge in [0.05, 0.1) is 25.1 Å². The van der Waals surface area contributed by atoms with E-state index in [1.807, 2.05) is 6.92 Å². The first-order chi connectivity index (χ1) is 14.7. The minimum absolute atomic E-state index is 0.177. The lowest BCUT2D eigenvalue weighted by atomic mass is 10.1. The Bertz CT molecular complexity index is 966. The Morgan fingerprint density at radius 2 is 2.00 bits per heavy atom. The van der Waals surface area contributed by atoms with Gasteiger partial charge in [-0.05, 0) is 20.3 Å². The lowest BCUT2D eigenvalue weighted by Gasteiger charge is -2.22. The minimum Gasteiger partial charge on any atom is -0.390 e. The first kappa shape index (κ1) is 23.5. The van der Waals surface area contributed by atoms with Crippen molar-refractivity contribution < 1.29 is 34.1 Å². The van der Waals surface area contributed by atoms with Gasteiger partial charge in [0.1, 0.15) is 17.9 Å². The number of nitrogens with zero attached hydrogens (tertiary/aromatic N) is 4. The van der Waals surface area contributed by atoms with Crippen LogP contribution in [0.1, 0.15) is 26.3 Å². The number of fused-ring (bicyclic) bond motifs is 1. The third kappa shape index (κ3) is 4.86. The molecule has 14 heteroatoms. The number of aromatic nitrogens is 4. The van der Waals surface area contributed by atoms with Crippen LogP contribution < -0.4 is 10.6 Å². The quantitative estimate of drug-likeness (QED) is 0.258. The van der Waals surface area contributed by atoms with Gasteiger partial charge >= 0.3 is 7.60 Å². The highest BCUT2D eigenvalue weighted by atomic mass is 31.2. The monoisotopic (exact) mass is 458 g/mol. The highest BCUT2D eigenvalue weighted by Crippen LogP contribution is 2.43. The molecule has 172 valence electrons. The summed E-state index contributed by atoms with van der Waals surface area (Å²) >= 11 is 0. The van der Waals surface area contributed by atoms with Crippen molar-refractivity contribution in [2.24, 2.45) is 5.92 Å². The van der Waals surface area contributed by atoms with E-state index in [9.17, 15) is 29.4 Å². The molecule has 0 saturated heterocycles. The molecule has 3 rings (SSSR count). The van der Waals surface area contributed by atoms with Gasteiger partial charge in [0.25, 0.3) is 5.91 Å². The molecule has 1 aliphatic carbocycles. The number of aliphatic hydroxyl groups excluding tert-OH is 2. The summed E-state index contributed by atoms with van der Waals surface area (Å²) in [4.78, 5) is 43.5. The lowest BCUT2D eigenvalue weighted by molar-refractivity contribution is -0.130. The molecular weight excluding hydrogens is 431 g/mol. The first-order valence-corrected chi connectivity index (χ1v) is 11.6. The van der Waals surface area contributed by atoms with Gasteiger partial charge in [0, 0.05) is 19.0 Å². The number of imidazole rings is 1. The summed E-state index contributed by atoms with van der Waals surface area (Å²) in [5.74, 6) is -3.05. The average Bonchev–Trinajstić information content (AvgIpc) is 3.24. The molecule has 0 spiro atoms. The second kappa shape index (κ2) is 9.55. The van der Waals surface area contributed by atoms with Gasteiger partial charge in [-0.3, -0.25) is 9.36 Å². The van der Waals surface area contributed by atoms with Crippen LogP contribution >= 0.6 is 7.60 Å². The zero-order chi connectivity index (χ0) is 22.8. The molecule has 0 bridgehead atoms. The van der Waals surface area contributed by atoms with E-state index in [4.69, 9.17) is 4.74 Å². The fourth-order valence-electron chi connectivity index (χ4n) is 3.73. The number of likely N-dealkylation sites (N-methyl/N-ethyl adjacent to an activating group) is 1. The Morgan fingerprint density at radius 1 is 1.26 bits per heavy atom. The number of hydrogen-bond donors (Lipinski definition) is 6. The van der Waals surface area contributed by atoms with E-state index in [0.29, 0.717) is 23.5 Å². The zero-order valence-corrected chi connectivity index (χ0v) is 18.0. The van der Waals surface area contributed by atoms with Crippen LogP contribution in [0.3, 0.4) is 0 Å². The SMILES string of the molecule is CCNC(=O)C(OCC1CC(n2cnc3c(NCC)ncnc32)C(O)C1O)P(=O)(O)O. The number of rotatable bonds is 9.